The van der Waals surface area contributed by atoms with Crippen LogP contribution >= 0.6 is 11.6 Å². The molecule has 0 aromatic heterocycles. The highest BCUT2D eigenvalue weighted by molar-refractivity contribution is 7.92. The molecule has 0 bridgehead atoms. The predicted molar refractivity (Wildman–Crippen MR) is 133 cm³/mol. The molecule has 2 N–H and O–H groups in total. The highest BCUT2D eigenvalue weighted by Crippen LogP contribution is 2.28. The van der Waals surface area contributed by atoms with E-state index in [0.717, 1.165) is 36.0 Å². The summed E-state index contributed by atoms with van der Waals surface area (Å²) in [5, 5.41) is 3.02. The first kappa shape index (κ1) is 23.3. The van der Waals surface area contributed by atoms with Gasteiger partial charge >= 0.3 is 0 Å². The number of hydrogen-bond acceptors (Lipinski definition) is 3. The van der Waals surface area contributed by atoms with Crippen molar-refractivity contribution in [2.75, 3.05) is 4.72 Å². The van der Waals surface area contributed by atoms with Crippen molar-refractivity contribution in [2.45, 2.75) is 51.0 Å². The fourth-order valence-corrected chi connectivity index (χ4v) is 5.79. The van der Waals surface area contributed by atoms with E-state index in [9.17, 15) is 13.2 Å². The van der Waals surface area contributed by atoms with Crippen molar-refractivity contribution in [3.05, 3.63) is 93.0 Å². The van der Waals surface area contributed by atoms with E-state index in [-0.39, 0.29) is 27.4 Å². The third-order valence-electron chi connectivity index (χ3n) is 6.30. The number of fused-ring (bicyclic) bond motifs is 1. The summed E-state index contributed by atoms with van der Waals surface area (Å²) in [5.41, 5.74) is 6.25. The summed E-state index contributed by atoms with van der Waals surface area (Å²) in [6, 6.07) is 15.8. The van der Waals surface area contributed by atoms with Gasteiger partial charge in [0.2, 0.25) is 0 Å². The standard InChI is InChI=1S/C26H27ClN2O3S/c1-16-6-4-9-24(17(16)2)29-33(31,32)25-15-22(12-13-23(25)27)26(30)28-18(3)20-11-10-19-7-5-8-21(19)14-20/h4,6,9-15,18,29H,5,7-8H2,1-3H3,(H,28,30). The van der Waals surface area contributed by atoms with Crippen LogP contribution in [0.2, 0.25) is 5.02 Å². The van der Waals surface area contributed by atoms with Crippen LogP contribution in [0.1, 0.15) is 57.6 Å². The maximum absolute atomic E-state index is 13.1. The van der Waals surface area contributed by atoms with E-state index >= 15 is 0 Å². The van der Waals surface area contributed by atoms with E-state index in [1.54, 1.807) is 12.1 Å². The third kappa shape index (κ3) is 4.92. The molecule has 1 amide bonds. The molecule has 3 aromatic carbocycles. The van der Waals surface area contributed by atoms with E-state index in [0.29, 0.717) is 5.69 Å². The minimum Gasteiger partial charge on any atom is -0.346 e. The minimum absolute atomic E-state index is 0.0519. The average molecular weight is 483 g/mol. The van der Waals surface area contributed by atoms with E-state index in [4.69, 9.17) is 11.6 Å². The van der Waals surface area contributed by atoms with Gasteiger partial charge in [0.25, 0.3) is 15.9 Å². The summed E-state index contributed by atoms with van der Waals surface area (Å²) in [7, 11) is -3.99. The molecule has 0 saturated carbocycles. The van der Waals surface area contributed by atoms with Gasteiger partial charge in [-0.25, -0.2) is 8.42 Å². The Morgan fingerprint density at radius 2 is 1.76 bits per heavy atom. The van der Waals surface area contributed by atoms with Crippen LogP contribution in [0.25, 0.3) is 0 Å². The monoisotopic (exact) mass is 482 g/mol. The Morgan fingerprint density at radius 3 is 2.55 bits per heavy atom. The zero-order chi connectivity index (χ0) is 23.8. The number of benzene rings is 3. The first-order valence-corrected chi connectivity index (χ1v) is 12.8. The maximum atomic E-state index is 13.1. The van der Waals surface area contributed by atoms with Gasteiger partial charge < -0.3 is 5.32 Å². The summed E-state index contributed by atoms with van der Waals surface area (Å²) in [6.45, 7) is 5.68. The Kier molecular flexibility index (Phi) is 6.50. The highest BCUT2D eigenvalue weighted by atomic mass is 35.5. The van der Waals surface area contributed by atoms with Gasteiger partial charge in [0, 0.05) is 5.56 Å². The van der Waals surface area contributed by atoms with Crippen molar-refractivity contribution in [3.8, 4) is 0 Å². The van der Waals surface area contributed by atoms with E-state index in [1.807, 2.05) is 32.9 Å². The first-order valence-electron chi connectivity index (χ1n) is 11.0. The van der Waals surface area contributed by atoms with Crippen molar-refractivity contribution < 1.29 is 13.2 Å². The Morgan fingerprint density at radius 1 is 1.00 bits per heavy atom. The number of halogens is 1. The lowest BCUT2D eigenvalue weighted by Crippen LogP contribution is -2.27. The molecule has 0 radical (unpaired) electrons. The average Bonchev–Trinajstić information content (AvgIpc) is 3.25. The number of aryl methyl sites for hydroxylation is 3. The summed E-state index contributed by atoms with van der Waals surface area (Å²) in [5.74, 6) is -0.358. The van der Waals surface area contributed by atoms with Gasteiger partial charge in [-0.3, -0.25) is 9.52 Å². The quantitative estimate of drug-likeness (QED) is 0.470. The van der Waals surface area contributed by atoms with Crippen molar-refractivity contribution in [2.24, 2.45) is 0 Å². The fraction of sp³-hybridized carbons (Fsp3) is 0.269. The molecule has 0 spiro atoms. The van der Waals surface area contributed by atoms with Crippen molar-refractivity contribution >= 4 is 33.2 Å². The second kappa shape index (κ2) is 9.20. The largest absolute Gasteiger partial charge is 0.346 e. The molecular formula is C26H27ClN2O3S. The number of nitrogens with one attached hydrogen (secondary N) is 2. The molecule has 1 aliphatic rings. The van der Waals surface area contributed by atoms with Gasteiger partial charge in [0.1, 0.15) is 4.90 Å². The van der Waals surface area contributed by atoms with Gasteiger partial charge in [-0.15, -0.1) is 0 Å². The Labute approximate surface area is 200 Å². The lowest BCUT2D eigenvalue weighted by Gasteiger charge is -2.17. The Bertz CT molecular complexity index is 1340. The van der Waals surface area contributed by atoms with Gasteiger partial charge in [-0.2, -0.15) is 0 Å². The zero-order valence-electron chi connectivity index (χ0n) is 18.9. The molecule has 172 valence electrons. The van der Waals surface area contributed by atoms with Crippen molar-refractivity contribution in [1.82, 2.24) is 5.32 Å². The molecule has 3 aromatic rings. The Balaban J connectivity index is 1.56. The van der Waals surface area contributed by atoms with Gasteiger partial charge in [0.15, 0.2) is 0 Å². The molecule has 1 aliphatic carbocycles. The molecule has 0 fully saturated rings. The van der Waals surface area contributed by atoms with Crippen LogP contribution in [0.3, 0.4) is 0 Å². The predicted octanol–water partition coefficient (Wildman–Crippen LogP) is 5.74. The van der Waals surface area contributed by atoms with Crippen LogP contribution in [-0.4, -0.2) is 14.3 Å². The topological polar surface area (TPSA) is 75.3 Å². The van der Waals surface area contributed by atoms with Crippen molar-refractivity contribution in [1.29, 1.82) is 0 Å². The molecule has 0 saturated heterocycles. The van der Waals surface area contributed by atoms with Gasteiger partial charge in [0.05, 0.1) is 16.8 Å². The molecule has 1 atom stereocenters. The third-order valence-corrected chi connectivity index (χ3v) is 8.15. The SMILES string of the molecule is Cc1cccc(NS(=O)(=O)c2cc(C(=O)NC(C)c3ccc4c(c3)CCC4)ccc2Cl)c1C. The molecule has 5 nitrogen and oxygen atoms in total. The smallest absolute Gasteiger partial charge is 0.263 e. The number of carbonyl (C=O) groups excluding carboxylic acids is 1. The van der Waals surface area contributed by atoms with Gasteiger partial charge in [-0.1, -0.05) is 41.9 Å². The number of anilines is 1. The second-order valence-corrected chi connectivity index (χ2v) is 10.6. The summed E-state index contributed by atoms with van der Waals surface area (Å²) in [4.78, 5) is 12.8. The Hall–Kier alpha value is -2.83. The molecular weight excluding hydrogens is 456 g/mol. The van der Waals surface area contributed by atoms with Crippen LogP contribution in [-0.2, 0) is 22.9 Å². The molecule has 0 heterocycles. The number of hydrogen-bond donors (Lipinski definition) is 2. The lowest BCUT2D eigenvalue weighted by molar-refractivity contribution is 0.0939. The van der Waals surface area contributed by atoms with E-state index < -0.39 is 10.0 Å². The van der Waals surface area contributed by atoms with Crippen molar-refractivity contribution in [3.63, 3.8) is 0 Å². The lowest BCUT2D eigenvalue weighted by atomic mass is 10.0. The summed E-state index contributed by atoms with van der Waals surface area (Å²) >= 11 is 6.23. The van der Waals surface area contributed by atoms with E-state index in [2.05, 4.69) is 22.2 Å². The molecule has 7 heteroatoms. The minimum atomic E-state index is -3.99. The zero-order valence-corrected chi connectivity index (χ0v) is 20.5. The van der Waals surface area contributed by atoms with Crippen LogP contribution in [0, 0.1) is 13.8 Å². The normalized spacial score (nSPS) is 13.9. The van der Waals surface area contributed by atoms with Crippen LogP contribution < -0.4 is 10.0 Å². The number of rotatable bonds is 6. The van der Waals surface area contributed by atoms with Gasteiger partial charge in [-0.05, 0) is 92.1 Å². The maximum Gasteiger partial charge on any atom is 0.263 e. The number of amides is 1. The summed E-state index contributed by atoms with van der Waals surface area (Å²) in [6.07, 6.45) is 3.34. The fourth-order valence-electron chi connectivity index (χ4n) is 4.14. The highest BCUT2D eigenvalue weighted by Gasteiger charge is 2.22. The molecule has 0 aliphatic heterocycles. The molecule has 4 rings (SSSR count). The number of sulfonamides is 1. The summed E-state index contributed by atoms with van der Waals surface area (Å²) < 4.78 is 28.8. The number of carbonyl (C=O) groups is 1. The van der Waals surface area contributed by atoms with Crippen LogP contribution in [0.15, 0.2) is 59.5 Å². The first-order chi connectivity index (χ1) is 15.7. The van der Waals surface area contributed by atoms with Crippen LogP contribution in [0.4, 0.5) is 5.69 Å². The second-order valence-electron chi connectivity index (χ2n) is 8.58. The molecule has 33 heavy (non-hydrogen) atoms. The van der Waals surface area contributed by atoms with E-state index in [1.165, 1.54) is 29.3 Å². The molecule has 1 unspecified atom stereocenters. The van der Waals surface area contributed by atoms with Crippen LogP contribution in [0.5, 0.6) is 0 Å².